The Labute approximate surface area is 131 Å². The van der Waals surface area contributed by atoms with Crippen LogP contribution in [0.3, 0.4) is 0 Å². The number of hydrogen-bond donors (Lipinski definition) is 1. The van der Waals surface area contributed by atoms with E-state index in [-0.39, 0.29) is 11.6 Å². The van der Waals surface area contributed by atoms with Crippen LogP contribution in [0.15, 0.2) is 36.8 Å². The van der Waals surface area contributed by atoms with Gasteiger partial charge in [-0.15, -0.1) is 0 Å². The second-order valence-corrected chi connectivity index (χ2v) is 7.21. The first kappa shape index (κ1) is 14.6. The summed E-state index contributed by atoms with van der Waals surface area (Å²) >= 11 is 0. The van der Waals surface area contributed by atoms with E-state index in [1.54, 1.807) is 6.33 Å². The maximum absolute atomic E-state index is 12.9. The number of urea groups is 1. The summed E-state index contributed by atoms with van der Waals surface area (Å²) < 4.78 is 2.05. The van der Waals surface area contributed by atoms with E-state index in [4.69, 9.17) is 0 Å². The molecule has 0 fully saturated rings. The molecule has 1 aliphatic heterocycles. The lowest BCUT2D eigenvalue weighted by Crippen LogP contribution is -2.57. The molecule has 0 atom stereocenters. The molecule has 116 valence electrons. The SMILES string of the molecule is CC(C)(C)NC(=O)N1c2ccccc2-n2cncc2C1(C)C. The van der Waals surface area contributed by atoms with Gasteiger partial charge in [0.25, 0.3) is 0 Å². The zero-order chi connectivity index (χ0) is 16.1. The molecule has 0 radical (unpaired) electrons. The molecule has 0 saturated carbocycles. The van der Waals surface area contributed by atoms with Gasteiger partial charge in [0.05, 0.1) is 35.1 Å². The number of fused-ring (bicyclic) bond motifs is 3. The van der Waals surface area contributed by atoms with Crippen LogP contribution in [0.2, 0.25) is 0 Å². The van der Waals surface area contributed by atoms with Gasteiger partial charge in [0.15, 0.2) is 0 Å². The second kappa shape index (κ2) is 4.60. The molecule has 2 aromatic rings. The van der Waals surface area contributed by atoms with Crippen LogP contribution in [0.25, 0.3) is 5.69 Å². The standard InChI is InChI=1S/C17H22N4O/c1-16(2,3)19-15(22)21-13-9-7-6-8-12(13)20-11-18-10-14(20)17(21,4)5/h6-11H,1-5H3,(H,19,22). The number of benzene rings is 1. The van der Waals surface area contributed by atoms with Crippen molar-refractivity contribution in [1.82, 2.24) is 14.9 Å². The van der Waals surface area contributed by atoms with Gasteiger partial charge in [-0.3, -0.25) is 9.47 Å². The number of carbonyl (C=O) groups is 1. The summed E-state index contributed by atoms with van der Waals surface area (Å²) in [5.74, 6) is 0. The number of hydrogen-bond acceptors (Lipinski definition) is 2. The fraction of sp³-hybridized carbons (Fsp3) is 0.412. The Kier molecular flexibility index (Phi) is 3.06. The van der Waals surface area contributed by atoms with Gasteiger partial charge in [-0.2, -0.15) is 0 Å². The predicted octanol–water partition coefficient (Wildman–Crippen LogP) is 3.44. The smallest absolute Gasteiger partial charge is 0.323 e. The normalized spacial score (nSPS) is 16.0. The molecule has 1 aromatic carbocycles. The zero-order valence-corrected chi connectivity index (χ0v) is 13.7. The molecule has 2 amide bonds. The number of rotatable bonds is 0. The van der Waals surface area contributed by atoms with Crippen molar-refractivity contribution in [3.8, 4) is 5.69 Å². The largest absolute Gasteiger partial charge is 0.333 e. The first-order valence-electron chi connectivity index (χ1n) is 7.46. The molecule has 1 aliphatic rings. The highest BCUT2D eigenvalue weighted by atomic mass is 16.2. The highest BCUT2D eigenvalue weighted by Gasteiger charge is 2.42. The van der Waals surface area contributed by atoms with E-state index in [1.165, 1.54) is 0 Å². The maximum atomic E-state index is 12.9. The van der Waals surface area contributed by atoms with E-state index in [1.807, 2.05) is 70.0 Å². The summed E-state index contributed by atoms with van der Waals surface area (Å²) in [6, 6.07) is 7.81. The number of nitrogens with zero attached hydrogens (tertiary/aromatic N) is 3. The van der Waals surface area contributed by atoms with Crippen molar-refractivity contribution in [2.24, 2.45) is 0 Å². The Morgan fingerprint density at radius 3 is 2.45 bits per heavy atom. The fourth-order valence-electron chi connectivity index (χ4n) is 2.95. The number of amides is 2. The van der Waals surface area contributed by atoms with Crippen molar-refractivity contribution in [2.75, 3.05) is 4.90 Å². The Morgan fingerprint density at radius 1 is 1.18 bits per heavy atom. The highest BCUT2D eigenvalue weighted by molar-refractivity contribution is 5.97. The van der Waals surface area contributed by atoms with Crippen LogP contribution in [0.4, 0.5) is 10.5 Å². The third kappa shape index (κ3) is 2.17. The molecular formula is C17H22N4O. The molecule has 0 saturated heterocycles. The summed E-state index contributed by atoms with van der Waals surface area (Å²) in [5, 5.41) is 3.07. The summed E-state index contributed by atoms with van der Waals surface area (Å²) in [4.78, 5) is 19.0. The Morgan fingerprint density at radius 2 is 1.82 bits per heavy atom. The van der Waals surface area contributed by atoms with Gasteiger partial charge >= 0.3 is 6.03 Å². The Bertz CT molecular complexity index is 724. The molecule has 5 nitrogen and oxygen atoms in total. The van der Waals surface area contributed by atoms with Crippen LogP contribution < -0.4 is 10.2 Å². The number of nitrogens with one attached hydrogen (secondary N) is 1. The molecule has 2 heterocycles. The lowest BCUT2D eigenvalue weighted by molar-refractivity contribution is 0.230. The van der Waals surface area contributed by atoms with E-state index in [2.05, 4.69) is 14.9 Å². The van der Waals surface area contributed by atoms with Crippen LogP contribution in [-0.4, -0.2) is 21.1 Å². The summed E-state index contributed by atoms with van der Waals surface area (Å²) in [5.41, 5.74) is 2.08. The van der Waals surface area contributed by atoms with E-state index in [9.17, 15) is 4.79 Å². The average molecular weight is 298 g/mol. The van der Waals surface area contributed by atoms with Gasteiger partial charge in [-0.25, -0.2) is 9.78 Å². The minimum absolute atomic E-state index is 0.0996. The quantitative estimate of drug-likeness (QED) is 0.810. The molecule has 1 aromatic heterocycles. The molecule has 0 bridgehead atoms. The average Bonchev–Trinajstić information content (AvgIpc) is 2.86. The molecule has 1 N–H and O–H groups in total. The lowest BCUT2D eigenvalue weighted by Gasteiger charge is -2.44. The molecule has 3 rings (SSSR count). The third-order valence-electron chi connectivity index (χ3n) is 3.89. The fourth-order valence-corrected chi connectivity index (χ4v) is 2.95. The molecule has 22 heavy (non-hydrogen) atoms. The van der Waals surface area contributed by atoms with Crippen LogP contribution in [-0.2, 0) is 5.54 Å². The number of anilines is 1. The van der Waals surface area contributed by atoms with Crippen LogP contribution in [0.5, 0.6) is 0 Å². The minimum Gasteiger partial charge on any atom is -0.333 e. The topological polar surface area (TPSA) is 50.2 Å². The first-order valence-corrected chi connectivity index (χ1v) is 7.46. The van der Waals surface area contributed by atoms with Gasteiger partial charge < -0.3 is 5.32 Å². The van der Waals surface area contributed by atoms with Crippen LogP contribution in [0.1, 0.15) is 40.3 Å². The van der Waals surface area contributed by atoms with Crippen molar-refractivity contribution < 1.29 is 4.79 Å². The van der Waals surface area contributed by atoms with E-state index < -0.39 is 5.54 Å². The van der Waals surface area contributed by atoms with Gasteiger partial charge in [0, 0.05) is 5.54 Å². The molecule has 0 unspecified atom stereocenters. The number of imidazole rings is 1. The molecular weight excluding hydrogens is 276 g/mol. The van der Waals surface area contributed by atoms with Crippen LogP contribution >= 0.6 is 0 Å². The van der Waals surface area contributed by atoms with Gasteiger partial charge in [-0.1, -0.05) is 12.1 Å². The monoisotopic (exact) mass is 298 g/mol. The summed E-state index contributed by atoms with van der Waals surface area (Å²) in [7, 11) is 0. The number of aromatic nitrogens is 2. The highest BCUT2D eigenvalue weighted by Crippen LogP contribution is 2.41. The predicted molar refractivity (Wildman–Crippen MR) is 87.4 cm³/mol. The minimum atomic E-state index is -0.486. The molecule has 0 aliphatic carbocycles. The van der Waals surface area contributed by atoms with E-state index >= 15 is 0 Å². The maximum Gasteiger partial charge on any atom is 0.323 e. The summed E-state index contributed by atoms with van der Waals surface area (Å²) in [6.07, 6.45) is 3.63. The van der Waals surface area contributed by atoms with Gasteiger partial charge in [0.2, 0.25) is 0 Å². The Balaban J connectivity index is 2.16. The van der Waals surface area contributed by atoms with E-state index in [0.717, 1.165) is 17.1 Å². The van der Waals surface area contributed by atoms with E-state index in [0.29, 0.717) is 0 Å². The van der Waals surface area contributed by atoms with Crippen molar-refractivity contribution in [2.45, 2.75) is 45.7 Å². The van der Waals surface area contributed by atoms with Crippen molar-refractivity contribution >= 4 is 11.7 Å². The second-order valence-electron chi connectivity index (χ2n) is 7.21. The number of carbonyl (C=O) groups excluding carboxylic acids is 1. The van der Waals surface area contributed by atoms with Gasteiger partial charge in [-0.05, 0) is 46.8 Å². The summed E-state index contributed by atoms with van der Waals surface area (Å²) in [6.45, 7) is 10.0. The van der Waals surface area contributed by atoms with Crippen molar-refractivity contribution in [3.63, 3.8) is 0 Å². The lowest BCUT2D eigenvalue weighted by atomic mass is 9.94. The first-order chi connectivity index (χ1) is 10.2. The Hall–Kier alpha value is -2.30. The van der Waals surface area contributed by atoms with Gasteiger partial charge in [0.1, 0.15) is 0 Å². The molecule has 0 spiro atoms. The van der Waals surface area contributed by atoms with Crippen LogP contribution in [0, 0.1) is 0 Å². The third-order valence-corrected chi connectivity index (χ3v) is 3.89. The molecule has 5 heteroatoms. The van der Waals surface area contributed by atoms with Crippen molar-refractivity contribution in [3.05, 3.63) is 42.5 Å². The number of para-hydroxylation sites is 2. The van der Waals surface area contributed by atoms with Crippen molar-refractivity contribution in [1.29, 1.82) is 0 Å². The zero-order valence-electron chi connectivity index (χ0n) is 13.7.